The summed E-state index contributed by atoms with van der Waals surface area (Å²) in [4.78, 5) is 22.8. The molecule has 0 aromatic heterocycles. The first-order chi connectivity index (χ1) is 10.0. The molecule has 0 aliphatic heterocycles. The van der Waals surface area contributed by atoms with E-state index in [1.807, 2.05) is 0 Å². The fourth-order valence-electron chi connectivity index (χ4n) is 2.46. The van der Waals surface area contributed by atoms with Crippen molar-refractivity contribution in [3.05, 3.63) is 24.0 Å². The normalized spacial score (nSPS) is 15.0. The highest BCUT2D eigenvalue weighted by atomic mass is 19.1. The molecule has 5 nitrogen and oxygen atoms in total. The van der Waals surface area contributed by atoms with Gasteiger partial charge in [-0.25, -0.2) is 4.39 Å². The van der Waals surface area contributed by atoms with E-state index in [4.69, 9.17) is 0 Å². The van der Waals surface area contributed by atoms with Gasteiger partial charge in [0.1, 0.15) is 5.82 Å². The van der Waals surface area contributed by atoms with Crippen LogP contribution < -0.4 is 16.0 Å². The Morgan fingerprint density at radius 1 is 1.24 bits per heavy atom. The zero-order valence-corrected chi connectivity index (χ0v) is 12.0. The van der Waals surface area contributed by atoms with Crippen LogP contribution in [0, 0.1) is 5.82 Å². The van der Waals surface area contributed by atoms with Crippen LogP contribution in [0.25, 0.3) is 0 Å². The molecule has 1 aromatic rings. The largest absolute Gasteiger partial charge is 0.326 e. The second-order valence-electron chi connectivity index (χ2n) is 5.29. The Hall–Kier alpha value is -1.95. The van der Waals surface area contributed by atoms with Gasteiger partial charge in [0.05, 0.1) is 12.2 Å². The maximum absolute atomic E-state index is 13.7. The number of carbonyl (C=O) groups excluding carboxylic acids is 2. The maximum atomic E-state index is 13.7. The van der Waals surface area contributed by atoms with Gasteiger partial charge in [0.25, 0.3) is 0 Å². The Kier molecular flexibility index (Phi) is 5.27. The molecule has 0 atom stereocenters. The highest BCUT2D eigenvalue weighted by Gasteiger charge is 2.16. The number of carbonyl (C=O) groups is 2. The molecule has 6 heteroatoms. The molecule has 0 heterocycles. The molecule has 3 N–H and O–H groups in total. The number of amides is 2. The molecule has 0 spiro atoms. The summed E-state index contributed by atoms with van der Waals surface area (Å²) in [6, 6.07) is 4.45. The monoisotopic (exact) mass is 293 g/mol. The summed E-state index contributed by atoms with van der Waals surface area (Å²) in [6.07, 6.45) is 4.54. The van der Waals surface area contributed by atoms with E-state index in [0.717, 1.165) is 12.8 Å². The molecule has 21 heavy (non-hydrogen) atoms. The second kappa shape index (κ2) is 7.17. The topological polar surface area (TPSA) is 70.2 Å². The lowest BCUT2D eigenvalue weighted by atomic mass is 10.2. The predicted octanol–water partition coefficient (Wildman–Crippen LogP) is 2.25. The first-order valence-electron chi connectivity index (χ1n) is 7.15. The molecule has 0 saturated heterocycles. The van der Waals surface area contributed by atoms with Crippen molar-refractivity contribution >= 4 is 23.2 Å². The minimum absolute atomic E-state index is 0.0690. The van der Waals surface area contributed by atoms with Gasteiger partial charge in [0.2, 0.25) is 11.8 Å². The number of benzene rings is 1. The van der Waals surface area contributed by atoms with Crippen molar-refractivity contribution in [2.75, 3.05) is 17.2 Å². The van der Waals surface area contributed by atoms with E-state index < -0.39 is 5.82 Å². The van der Waals surface area contributed by atoms with Crippen molar-refractivity contribution in [1.29, 1.82) is 0 Å². The second-order valence-corrected chi connectivity index (χ2v) is 5.29. The molecule has 2 amide bonds. The van der Waals surface area contributed by atoms with Gasteiger partial charge in [-0.1, -0.05) is 12.8 Å². The fraction of sp³-hybridized carbons (Fsp3) is 0.467. The maximum Gasteiger partial charge on any atom is 0.238 e. The Morgan fingerprint density at radius 3 is 2.62 bits per heavy atom. The lowest BCUT2D eigenvalue weighted by molar-refractivity contribution is -0.115. The summed E-state index contributed by atoms with van der Waals surface area (Å²) in [5.74, 6) is -1.07. The SMILES string of the molecule is CC(=O)Nc1ccc(F)c(NC(=O)CNC2CCCC2)c1. The number of rotatable bonds is 5. The van der Waals surface area contributed by atoms with Crippen molar-refractivity contribution in [3.63, 3.8) is 0 Å². The number of anilines is 2. The van der Waals surface area contributed by atoms with E-state index in [-0.39, 0.29) is 24.0 Å². The van der Waals surface area contributed by atoms with Crippen LogP contribution in [0.5, 0.6) is 0 Å². The van der Waals surface area contributed by atoms with E-state index >= 15 is 0 Å². The predicted molar refractivity (Wildman–Crippen MR) is 79.6 cm³/mol. The van der Waals surface area contributed by atoms with Crippen molar-refractivity contribution in [1.82, 2.24) is 5.32 Å². The molecule has 114 valence electrons. The van der Waals surface area contributed by atoms with Gasteiger partial charge in [-0.05, 0) is 31.0 Å². The fourth-order valence-corrected chi connectivity index (χ4v) is 2.46. The molecule has 1 saturated carbocycles. The van der Waals surface area contributed by atoms with Crippen molar-refractivity contribution < 1.29 is 14.0 Å². The van der Waals surface area contributed by atoms with E-state index in [2.05, 4.69) is 16.0 Å². The molecular weight excluding hydrogens is 273 g/mol. The van der Waals surface area contributed by atoms with Gasteiger partial charge in [-0.15, -0.1) is 0 Å². The number of nitrogens with one attached hydrogen (secondary N) is 3. The third-order valence-corrected chi connectivity index (χ3v) is 3.47. The zero-order valence-electron chi connectivity index (χ0n) is 12.0. The number of halogens is 1. The highest BCUT2D eigenvalue weighted by molar-refractivity contribution is 5.94. The van der Waals surface area contributed by atoms with E-state index in [9.17, 15) is 14.0 Å². The van der Waals surface area contributed by atoms with E-state index in [1.54, 1.807) is 0 Å². The van der Waals surface area contributed by atoms with Gasteiger partial charge >= 0.3 is 0 Å². The van der Waals surface area contributed by atoms with Gasteiger partial charge in [-0.2, -0.15) is 0 Å². The zero-order chi connectivity index (χ0) is 15.2. The average molecular weight is 293 g/mol. The highest BCUT2D eigenvalue weighted by Crippen LogP contribution is 2.20. The number of hydrogen-bond donors (Lipinski definition) is 3. The van der Waals surface area contributed by atoms with Crippen molar-refractivity contribution in [2.24, 2.45) is 0 Å². The van der Waals surface area contributed by atoms with Gasteiger partial charge in [0, 0.05) is 18.7 Å². The van der Waals surface area contributed by atoms with Crippen LogP contribution in [-0.4, -0.2) is 24.4 Å². The van der Waals surface area contributed by atoms with Crippen LogP contribution in [0.3, 0.4) is 0 Å². The summed E-state index contributed by atoms with van der Waals surface area (Å²) < 4.78 is 13.7. The summed E-state index contributed by atoms with van der Waals surface area (Å²) in [6.45, 7) is 1.53. The van der Waals surface area contributed by atoms with Crippen LogP contribution >= 0.6 is 0 Å². The van der Waals surface area contributed by atoms with Crippen molar-refractivity contribution in [3.8, 4) is 0 Å². The molecule has 1 aliphatic rings. The lowest BCUT2D eigenvalue weighted by Crippen LogP contribution is -2.34. The van der Waals surface area contributed by atoms with Crippen LogP contribution in [0.1, 0.15) is 32.6 Å². The lowest BCUT2D eigenvalue weighted by Gasteiger charge is -2.13. The molecule has 1 fully saturated rings. The summed E-state index contributed by atoms with van der Waals surface area (Å²) >= 11 is 0. The molecule has 0 radical (unpaired) electrons. The first-order valence-corrected chi connectivity index (χ1v) is 7.15. The van der Waals surface area contributed by atoms with Crippen LogP contribution in [0.15, 0.2) is 18.2 Å². The Bertz CT molecular complexity index is 528. The van der Waals surface area contributed by atoms with Crippen LogP contribution in [0.4, 0.5) is 15.8 Å². The Labute approximate surface area is 123 Å². The third-order valence-electron chi connectivity index (χ3n) is 3.47. The van der Waals surface area contributed by atoms with Gasteiger partial charge in [0.15, 0.2) is 0 Å². The Balaban J connectivity index is 1.90. The smallest absolute Gasteiger partial charge is 0.238 e. The summed E-state index contributed by atoms with van der Waals surface area (Å²) in [5, 5.41) is 8.23. The van der Waals surface area contributed by atoms with Gasteiger partial charge in [-0.3, -0.25) is 9.59 Å². The Morgan fingerprint density at radius 2 is 1.95 bits per heavy atom. The average Bonchev–Trinajstić information content (AvgIpc) is 2.93. The summed E-state index contributed by atoms with van der Waals surface area (Å²) in [5.41, 5.74) is 0.516. The quantitative estimate of drug-likeness (QED) is 0.780. The minimum atomic E-state index is -0.529. The molecule has 0 unspecified atom stereocenters. The van der Waals surface area contributed by atoms with Crippen molar-refractivity contribution in [2.45, 2.75) is 38.6 Å². The van der Waals surface area contributed by atoms with Crippen LogP contribution in [0.2, 0.25) is 0 Å². The molecular formula is C15H20FN3O2. The first kappa shape index (κ1) is 15.4. The van der Waals surface area contributed by atoms with Gasteiger partial charge < -0.3 is 16.0 Å². The molecule has 1 aliphatic carbocycles. The third kappa shape index (κ3) is 4.82. The molecule has 1 aromatic carbocycles. The molecule has 2 rings (SSSR count). The molecule has 0 bridgehead atoms. The van der Waals surface area contributed by atoms with E-state index in [0.29, 0.717) is 11.7 Å². The standard InChI is InChI=1S/C15H20FN3O2/c1-10(20)18-12-6-7-13(16)14(8-12)19-15(21)9-17-11-4-2-3-5-11/h6-8,11,17H,2-5,9H2,1H3,(H,18,20)(H,19,21). The van der Waals surface area contributed by atoms with Crippen LogP contribution in [-0.2, 0) is 9.59 Å². The summed E-state index contributed by atoms with van der Waals surface area (Å²) in [7, 11) is 0. The van der Waals surface area contributed by atoms with E-state index in [1.165, 1.54) is 38.0 Å². The minimum Gasteiger partial charge on any atom is -0.326 e. The number of hydrogen-bond acceptors (Lipinski definition) is 3.